The van der Waals surface area contributed by atoms with Crippen molar-refractivity contribution in [1.29, 1.82) is 0 Å². The first-order valence-electron chi connectivity index (χ1n) is 13.1. The summed E-state index contributed by atoms with van der Waals surface area (Å²) in [6.07, 6.45) is 2.29. The molecule has 0 saturated heterocycles. The minimum absolute atomic E-state index is 0.00375. The fourth-order valence-corrected chi connectivity index (χ4v) is 5.12. The van der Waals surface area contributed by atoms with Crippen LogP contribution in [0, 0.1) is 10.1 Å². The van der Waals surface area contributed by atoms with Crippen LogP contribution in [0.2, 0.25) is 0 Å². The van der Waals surface area contributed by atoms with Gasteiger partial charge in [-0.05, 0) is 25.0 Å². The van der Waals surface area contributed by atoms with E-state index < -0.39 is 34.2 Å². The lowest BCUT2D eigenvalue weighted by molar-refractivity contribution is -0.384. The number of thiocarbonyl (C=S) groups is 1. The topological polar surface area (TPSA) is 163 Å². The predicted octanol–water partition coefficient (Wildman–Crippen LogP) is 3.56. The first-order valence-corrected chi connectivity index (χ1v) is 13.5. The zero-order valence-corrected chi connectivity index (χ0v) is 23.6. The Hall–Kier alpha value is -4.91. The summed E-state index contributed by atoms with van der Waals surface area (Å²) < 4.78 is 16.1. The van der Waals surface area contributed by atoms with E-state index in [1.54, 1.807) is 13.8 Å². The summed E-state index contributed by atoms with van der Waals surface area (Å²) in [5.41, 5.74) is -0.755. The van der Waals surface area contributed by atoms with Crippen LogP contribution >= 0.6 is 12.2 Å². The Labute approximate surface area is 246 Å². The van der Waals surface area contributed by atoms with Crippen LogP contribution in [0.3, 0.4) is 0 Å². The molecule has 2 aromatic carbocycles. The van der Waals surface area contributed by atoms with E-state index in [1.165, 1.54) is 30.5 Å². The van der Waals surface area contributed by atoms with Crippen LogP contribution in [0.25, 0.3) is 0 Å². The van der Waals surface area contributed by atoms with E-state index in [0.29, 0.717) is 5.56 Å². The molecule has 1 aliphatic rings. The first-order chi connectivity index (χ1) is 20.2. The van der Waals surface area contributed by atoms with Gasteiger partial charge in [0.15, 0.2) is 17.6 Å². The van der Waals surface area contributed by atoms with Crippen LogP contribution in [0.5, 0.6) is 0 Å². The first kappa shape index (κ1) is 30.1. The number of carbonyl (C=O) groups is 3. The Morgan fingerprint density at radius 3 is 2.43 bits per heavy atom. The van der Waals surface area contributed by atoms with Crippen molar-refractivity contribution < 1.29 is 33.2 Å². The molecule has 2 N–H and O–H groups in total. The number of nitrogens with one attached hydrogen (secondary N) is 2. The standard InChI is InChI=1S/C29H28N4O8S/c1-3-39-27(35)24-23(41-17-31-24)14-22(19-10-12-20(13-11-19)33(37)38)29(28(36)40-4-2)25(42)21(16-32-29)26(34)30-15-18-8-6-5-7-9-18/h5-13,16-17,22,32H,3-4,14-15H2,1-2H3,(H,30,34)/t22-,29+/m0/s1. The summed E-state index contributed by atoms with van der Waals surface area (Å²) in [6.45, 7) is 3.59. The van der Waals surface area contributed by atoms with Crippen LogP contribution in [-0.2, 0) is 32.0 Å². The molecular weight excluding hydrogens is 564 g/mol. The van der Waals surface area contributed by atoms with E-state index in [4.69, 9.17) is 26.1 Å². The van der Waals surface area contributed by atoms with E-state index >= 15 is 0 Å². The van der Waals surface area contributed by atoms with Crippen molar-refractivity contribution in [2.24, 2.45) is 0 Å². The molecule has 0 unspecified atom stereocenters. The van der Waals surface area contributed by atoms with Gasteiger partial charge in [-0.25, -0.2) is 14.6 Å². The monoisotopic (exact) mass is 592 g/mol. The Bertz CT molecular complexity index is 1520. The van der Waals surface area contributed by atoms with Crippen LogP contribution < -0.4 is 10.6 Å². The van der Waals surface area contributed by atoms with E-state index in [1.807, 2.05) is 30.3 Å². The molecule has 0 spiro atoms. The molecule has 1 aromatic heterocycles. The fraction of sp³-hybridized carbons (Fsp3) is 0.276. The number of ether oxygens (including phenoxy) is 2. The Balaban J connectivity index is 1.76. The number of esters is 2. The van der Waals surface area contributed by atoms with Crippen molar-refractivity contribution in [3.63, 3.8) is 0 Å². The highest BCUT2D eigenvalue weighted by atomic mass is 32.1. The van der Waals surface area contributed by atoms with Crippen LogP contribution in [-0.4, -0.2) is 51.4 Å². The second-order valence-corrected chi connectivity index (χ2v) is 9.59. The molecule has 1 aliphatic heterocycles. The van der Waals surface area contributed by atoms with E-state index in [2.05, 4.69) is 15.6 Å². The smallest absolute Gasteiger partial charge is 0.360 e. The second kappa shape index (κ2) is 13.2. The van der Waals surface area contributed by atoms with Crippen molar-refractivity contribution in [2.75, 3.05) is 13.2 Å². The maximum atomic E-state index is 13.8. The number of hydrogen-bond acceptors (Lipinski definition) is 11. The summed E-state index contributed by atoms with van der Waals surface area (Å²) in [5.74, 6) is -2.90. The SMILES string of the molecule is CCOC(=O)c1ncoc1C[C@@H](c1ccc([N+](=O)[O-])cc1)[C@@]1(C(=O)OCC)NC=C(C(=O)NCc2ccccc2)C1=S. The quantitative estimate of drug-likeness (QED) is 0.137. The third kappa shape index (κ3) is 6.05. The lowest BCUT2D eigenvalue weighted by Gasteiger charge is -2.36. The molecule has 218 valence electrons. The third-order valence-electron chi connectivity index (χ3n) is 6.71. The van der Waals surface area contributed by atoms with Gasteiger partial charge in [-0.2, -0.15) is 0 Å². The average molecular weight is 593 g/mol. The Morgan fingerprint density at radius 1 is 1.10 bits per heavy atom. The van der Waals surface area contributed by atoms with E-state index in [-0.39, 0.29) is 53.8 Å². The highest BCUT2D eigenvalue weighted by molar-refractivity contribution is 7.81. The summed E-state index contributed by atoms with van der Waals surface area (Å²) in [4.78, 5) is 54.4. The molecule has 0 bridgehead atoms. The molecular formula is C29H28N4O8S. The Morgan fingerprint density at radius 2 is 1.79 bits per heavy atom. The van der Waals surface area contributed by atoms with Gasteiger partial charge in [0.2, 0.25) is 0 Å². The molecule has 42 heavy (non-hydrogen) atoms. The van der Waals surface area contributed by atoms with Crippen LogP contribution in [0.1, 0.15) is 47.1 Å². The lowest BCUT2D eigenvalue weighted by atomic mass is 9.74. The van der Waals surface area contributed by atoms with Gasteiger partial charge in [0.25, 0.3) is 11.6 Å². The molecule has 13 heteroatoms. The second-order valence-electron chi connectivity index (χ2n) is 9.18. The van der Waals surface area contributed by atoms with Crippen molar-refractivity contribution in [1.82, 2.24) is 15.6 Å². The van der Waals surface area contributed by atoms with Gasteiger partial charge in [0, 0.05) is 37.2 Å². The minimum atomic E-state index is -1.82. The average Bonchev–Trinajstić information content (AvgIpc) is 3.60. The number of oxazole rings is 1. The zero-order valence-electron chi connectivity index (χ0n) is 22.8. The molecule has 0 radical (unpaired) electrons. The normalized spacial score (nSPS) is 16.6. The lowest BCUT2D eigenvalue weighted by Crippen LogP contribution is -2.58. The number of hydrogen-bond donors (Lipinski definition) is 2. The zero-order chi connectivity index (χ0) is 30.3. The largest absolute Gasteiger partial charge is 0.464 e. The van der Waals surface area contributed by atoms with Gasteiger partial charge in [0.1, 0.15) is 5.76 Å². The van der Waals surface area contributed by atoms with Gasteiger partial charge in [0.05, 0.1) is 28.6 Å². The molecule has 0 aliphatic carbocycles. The maximum Gasteiger partial charge on any atom is 0.360 e. The van der Waals surface area contributed by atoms with Crippen LogP contribution in [0.4, 0.5) is 5.69 Å². The molecule has 2 atom stereocenters. The number of non-ortho nitro benzene ring substituents is 1. The summed E-state index contributed by atoms with van der Waals surface area (Å²) in [5, 5.41) is 17.2. The summed E-state index contributed by atoms with van der Waals surface area (Å²) >= 11 is 5.80. The van der Waals surface area contributed by atoms with Crippen molar-refractivity contribution >= 4 is 40.6 Å². The van der Waals surface area contributed by atoms with Crippen LogP contribution in [0.15, 0.2) is 77.2 Å². The van der Waals surface area contributed by atoms with Gasteiger partial charge < -0.3 is 24.5 Å². The van der Waals surface area contributed by atoms with Gasteiger partial charge in [-0.1, -0.05) is 54.7 Å². The summed E-state index contributed by atoms with van der Waals surface area (Å²) in [7, 11) is 0. The van der Waals surface area contributed by atoms with E-state index in [9.17, 15) is 24.5 Å². The third-order valence-corrected chi connectivity index (χ3v) is 7.25. The van der Waals surface area contributed by atoms with Crippen molar-refractivity contribution in [3.8, 4) is 0 Å². The number of benzene rings is 2. The van der Waals surface area contributed by atoms with Gasteiger partial charge in [-0.15, -0.1) is 0 Å². The predicted molar refractivity (Wildman–Crippen MR) is 153 cm³/mol. The fourth-order valence-electron chi connectivity index (χ4n) is 4.69. The number of nitro groups is 1. The molecule has 2 heterocycles. The van der Waals surface area contributed by atoms with Gasteiger partial charge >= 0.3 is 11.9 Å². The number of nitro benzene ring substituents is 1. The molecule has 3 aromatic rings. The Kier molecular flexibility index (Phi) is 9.42. The molecule has 0 saturated carbocycles. The summed E-state index contributed by atoms with van der Waals surface area (Å²) in [6, 6.07) is 14.8. The number of carbonyl (C=O) groups excluding carboxylic acids is 3. The number of nitrogens with zero attached hydrogens (tertiary/aromatic N) is 2. The molecule has 0 fully saturated rings. The maximum absolute atomic E-state index is 13.8. The number of amides is 1. The molecule has 4 rings (SSSR count). The number of rotatable bonds is 12. The van der Waals surface area contributed by atoms with Crippen molar-refractivity contribution in [3.05, 3.63) is 105 Å². The van der Waals surface area contributed by atoms with Gasteiger partial charge in [-0.3, -0.25) is 14.9 Å². The van der Waals surface area contributed by atoms with Crippen molar-refractivity contribution in [2.45, 2.75) is 38.3 Å². The highest BCUT2D eigenvalue weighted by Gasteiger charge is 2.56. The molecule has 12 nitrogen and oxygen atoms in total. The molecule has 1 amide bonds. The highest BCUT2D eigenvalue weighted by Crippen LogP contribution is 2.40. The number of aromatic nitrogens is 1. The van der Waals surface area contributed by atoms with E-state index in [0.717, 1.165) is 12.0 Å². The minimum Gasteiger partial charge on any atom is -0.464 e.